The molecule has 3 rings (SSSR count). The van der Waals surface area contributed by atoms with Crippen molar-refractivity contribution in [3.63, 3.8) is 0 Å². The maximum absolute atomic E-state index is 14.8. The van der Waals surface area contributed by atoms with Gasteiger partial charge in [0, 0.05) is 6.61 Å². The zero-order chi connectivity index (χ0) is 25.3. The van der Waals surface area contributed by atoms with Crippen LogP contribution in [-0.2, 0) is 18.9 Å². The predicted octanol–water partition coefficient (Wildman–Crippen LogP) is 7.65. The van der Waals surface area contributed by atoms with Gasteiger partial charge in [0.25, 0.3) is 0 Å². The van der Waals surface area contributed by atoms with Gasteiger partial charge in [-0.25, -0.2) is 0 Å². The van der Waals surface area contributed by atoms with Crippen molar-refractivity contribution >= 4 is 0 Å². The molecule has 0 amide bonds. The molecule has 1 heterocycles. The molecule has 3 aliphatic rings. The highest BCUT2D eigenvalue weighted by Crippen LogP contribution is 2.41. The lowest BCUT2D eigenvalue weighted by Crippen LogP contribution is -2.48. The van der Waals surface area contributed by atoms with Crippen LogP contribution in [0.25, 0.3) is 0 Å². The smallest absolute Gasteiger partial charge is 0.378 e. The van der Waals surface area contributed by atoms with Gasteiger partial charge >= 0.3 is 12.2 Å². The lowest BCUT2D eigenvalue weighted by Gasteiger charge is -2.39. The van der Waals surface area contributed by atoms with Gasteiger partial charge in [0.1, 0.15) is 6.10 Å². The molecular weight excluding hydrogens is 464 g/mol. The van der Waals surface area contributed by atoms with Crippen LogP contribution in [0.15, 0.2) is 12.7 Å². The molecule has 8 heteroatoms. The molecule has 3 fully saturated rings. The third kappa shape index (κ3) is 8.97. The van der Waals surface area contributed by atoms with Crippen LogP contribution in [0.3, 0.4) is 0 Å². The lowest BCUT2D eigenvalue weighted by atomic mass is 9.84. The summed E-state index contributed by atoms with van der Waals surface area (Å²) < 4.78 is 80.4. The molecule has 0 radical (unpaired) electrons. The highest BCUT2D eigenvalue weighted by atomic mass is 19.3. The van der Waals surface area contributed by atoms with Gasteiger partial charge in [-0.15, -0.1) is 6.58 Å². The highest BCUT2D eigenvalue weighted by Gasteiger charge is 2.49. The van der Waals surface area contributed by atoms with E-state index in [0.29, 0.717) is 51.0 Å². The number of allylic oxidation sites excluding steroid dienone is 1. The first-order valence-corrected chi connectivity index (χ1v) is 13.7. The Kier molecular flexibility index (Phi) is 11.3. The first-order chi connectivity index (χ1) is 16.7. The molecule has 4 nitrogen and oxygen atoms in total. The van der Waals surface area contributed by atoms with Crippen LogP contribution >= 0.6 is 0 Å². The van der Waals surface area contributed by atoms with Crippen molar-refractivity contribution in [2.75, 3.05) is 13.2 Å². The number of rotatable bonds is 13. The van der Waals surface area contributed by atoms with Crippen LogP contribution in [-0.4, -0.2) is 49.8 Å². The summed E-state index contributed by atoms with van der Waals surface area (Å²) in [7, 11) is 0. The summed E-state index contributed by atoms with van der Waals surface area (Å²) in [6.07, 6.45) is 1.24. The number of ether oxygens (including phenoxy) is 4. The third-order valence-electron chi connectivity index (χ3n) is 7.83. The van der Waals surface area contributed by atoms with E-state index in [1.807, 2.05) is 6.08 Å². The Balaban J connectivity index is 1.37. The molecule has 2 saturated carbocycles. The quantitative estimate of drug-likeness (QED) is 0.145. The van der Waals surface area contributed by atoms with Crippen molar-refractivity contribution in [2.24, 2.45) is 11.8 Å². The number of alkyl halides is 4. The predicted molar refractivity (Wildman–Crippen MR) is 127 cm³/mol. The summed E-state index contributed by atoms with van der Waals surface area (Å²) in [6, 6.07) is 0. The van der Waals surface area contributed by atoms with Crippen molar-refractivity contribution in [1.29, 1.82) is 0 Å². The Hall–Kier alpha value is -0.700. The van der Waals surface area contributed by atoms with Gasteiger partial charge in [-0.3, -0.25) is 0 Å². The molecule has 35 heavy (non-hydrogen) atoms. The number of halogens is 4. The van der Waals surface area contributed by atoms with Gasteiger partial charge in [-0.1, -0.05) is 19.4 Å². The minimum atomic E-state index is -3.43. The number of hydrogen-bond acceptors (Lipinski definition) is 4. The van der Waals surface area contributed by atoms with Crippen molar-refractivity contribution in [3.05, 3.63) is 12.7 Å². The summed E-state index contributed by atoms with van der Waals surface area (Å²) in [5, 5.41) is 0. The molecule has 0 N–H and O–H groups in total. The van der Waals surface area contributed by atoms with Gasteiger partial charge < -0.3 is 18.9 Å². The highest BCUT2D eigenvalue weighted by molar-refractivity contribution is 4.83. The molecule has 1 aliphatic heterocycles. The second-order valence-corrected chi connectivity index (χ2v) is 10.6. The molecule has 1 saturated heterocycles. The fourth-order valence-corrected chi connectivity index (χ4v) is 5.55. The average Bonchev–Trinajstić information content (AvgIpc) is 2.84. The van der Waals surface area contributed by atoms with Crippen LogP contribution in [0.5, 0.6) is 0 Å². The zero-order valence-corrected chi connectivity index (χ0v) is 21.2. The van der Waals surface area contributed by atoms with Crippen LogP contribution < -0.4 is 0 Å². The molecule has 0 aromatic rings. The van der Waals surface area contributed by atoms with E-state index in [4.69, 9.17) is 18.9 Å². The van der Waals surface area contributed by atoms with Crippen LogP contribution in [0.2, 0.25) is 0 Å². The maximum atomic E-state index is 14.8. The molecule has 0 aromatic heterocycles. The number of hydrogen-bond donors (Lipinski definition) is 0. The Morgan fingerprint density at radius 1 is 0.829 bits per heavy atom. The zero-order valence-electron chi connectivity index (χ0n) is 21.2. The topological polar surface area (TPSA) is 36.9 Å². The number of unbranched alkanes of at least 4 members (excludes halogenated alkanes) is 1. The molecular formula is C27H44F4O4. The van der Waals surface area contributed by atoms with Crippen molar-refractivity contribution < 1.29 is 36.5 Å². The monoisotopic (exact) mass is 508 g/mol. The molecule has 2 unspecified atom stereocenters. The van der Waals surface area contributed by atoms with E-state index >= 15 is 0 Å². The van der Waals surface area contributed by atoms with Gasteiger partial charge in [0.2, 0.25) is 0 Å². The molecule has 2 aliphatic carbocycles. The Labute approximate surface area is 208 Å². The second-order valence-electron chi connectivity index (χ2n) is 10.6. The van der Waals surface area contributed by atoms with E-state index < -0.39 is 36.4 Å². The Bertz CT molecular complexity index is 608. The Morgan fingerprint density at radius 3 is 2.06 bits per heavy atom. The largest absolute Gasteiger partial charge is 0.382 e. The molecule has 0 bridgehead atoms. The van der Waals surface area contributed by atoms with E-state index in [-0.39, 0.29) is 25.6 Å². The lowest BCUT2D eigenvalue weighted by molar-refractivity contribution is -0.346. The minimum absolute atomic E-state index is 0.0387. The van der Waals surface area contributed by atoms with Crippen LogP contribution in [0.1, 0.15) is 96.8 Å². The van der Waals surface area contributed by atoms with Gasteiger partial charge in [-0.2, -0.15) is 17.6 Å². The standard InChI is InChI=1S/C27H44F4O4/c1-3-5-7-20-8-12-23(13-9-20)34-27(30,31)25-17-16-24(19-33-25)35-26(28,29)21-10-14-22(15-11-21)32-18-6-4-2/h3,20-25H,1,4-19H2,2H3. The second kappa shape index (κ2) is 13.7. The minimum Gasteiger partial charge on any atom is -0.378 e. The summed E-state index contributed by atoms with van der Waals surface area (Å²) in [5.74, 6) is -0.340. The van der Waals surface area contributed by atoms with Gasteiger partial charge in [0.15, 0.2) is 0 Å². The average molecular weight is 509 g/mol. The van der Waals surface area contributed by atoms with E-state index in [2.05, 4.69) is 13.5 Å². The first-order valence-electron chi connectivity index (χ1n) is 13.7. The summed E-state index contributed by atoms with van der Waals surface area (Å²) in [4.78, 5) is 0. The van der Waals surface area contributed by atoms with Crippen molar-refractivity contribution in [3.8, 4) is 0 Å². The Morgan fingerprint density at radius 2 is 1.46 bits per heavy atom. The maximum Gasteiger partial charge on any atom is 0.382 e. The summed E-state index contributed by atoms with van der Waals surface area (Å²) >= 11 is 0. The fraction of sp³-hybridized carbons (Fsp3) is 0.926. The van der Waals surface area contributed by atoms with E-state index in [0.717, 1.165) is 38.5 Å². The van der Waals surface area contributed by atoms with Crippen LogP contribution in [0, 0.1) is 11.8 Å². The van der Waals surface area contributed by atoms with Gasteiger partial charge in [0.05, 0.1) is 30.8 Å². The summed E-state index contributed by atoms with van der Waals surface area (Å²) in [6.45, 7) is 6.21. The fourth-order valence-electron chi connectivity index (χ4n) is 5.55. The van der Waals surface area contributed by atoms with E-state index in [9.17, 15) is 17.6 Å². The normalized spacial score (nSPS) is 32.9. The van der Waals surface area contributed by atoms with E-state index in [1.165, 1.54) is 0 Å². The van der Waals surface area contributed by atoms with Gasteiger partial charge in [-0.05, 0) is 89.4 Å². The molecule has 0 spiro atoms. The SMILES string of the molecule is C=CCCC1CCC(OC(F)(F)C2CCC(OC(F)(F)C3CCC(OCCCC)CC3)CO2)CC1. The summed E-state index contributed by atoms with van der Waals surface area (Å²) in [5.41, 5.74) is 0. The molecule has 0 aromatic carbocycles. The van der Waals surface area contributed by atoms with Crippen molar-refractivity contribution in [2.45, 2.75) is 133 Å². The first kappa shape index (κ1) is 28.9. The molecule has 204 valence electrons. The molecule has 2 atom stereocenters. The van der Waals surface area contributed by atoms with Crippen molar-refractivity contribution in [1.82, 2.24) is 0 Å². The van der Waals surface area contributed by atoms with E-state index in [1.54, 1.807) is 0 Å². The third-order valence-corrected chi connectivity index (χ3v) is 7.83. The van der Waals surface area contributed by atoms with Crippen LogP contribution in [0.4, 0.5) is 17.6 Å².